The molecule has 1 saturated carbocycles. The lowest BCUT2D eigenvalue weighted by molar-refractivity contribution is 0.327. The predicted octanol–water partition coefficient (Wildman–Crippen LogP) is 2.47. The largest absolute Gasteiger partial charge is 0.464 e. The number of furan rings is 1. The van der Waals surface area contributed by atoms with Crippen molar-refractivity contribution in [1.82, 2.24) is 9.29 Å². The molecule has 2 aromatic heterocycles. The number of nitrogens with zero attached hydrogens (tertiary/aromatic N) is 3. The quantitative estimate of drug-likeness (QED) is 0.829. The second kappa shape index (κ2) is 6.04. The van der Waals surface area contributed by atoms with Crippen molar-refractivity contribution < 1.29 is 12.8 Å². The van der Waals surface area contributed by atoms with E-state index in [2.05, 4.69) is 9.88 Å². The molecule has 1 saturated heterocycles. The molecule has 0 N–H and O–H groups in total. The molecule has 2 aromatic rings. The molecule has 130 valence electrons. The lowest BCUT2D eigenvalue weighted by atomic mass is 9.96. The maximum absolute atomic E-state index is 12.3. The van der Waals surface area contributed by atoms with Crippen molar-refractivity contribution in [1.29, 1.82) is 0 Å². The number of pyridine rings is 1. The molecule has 0 unspecified atom stereocenters. The second-order valence-corrected chi connectivity index (χ2v) is 9.24. The molecule has 0 radical (unpaired) electrons. The van der Waals surface area contributed by atoms with Gasteiger partial charge < -0.3 is 9.32 Å². The van der Waals surface area contributed by atoms with Gasteiger partial charge in [0, 0.05) is 32.9 Å². The summed E-state index contributed by atoms with van der Waals surface area (Å²) in [5.74, 6) is 1.39. The Bertz CT molecular complexity index is 820. The fraction of sp³-hybridized carbons (Fsp3) is 0.588. The molecule has 4 rings (SSSR count). The van der Waals surface area contributed by atoms with Crippen LogP contribution in [0.3, 0.4) is 0 Å². The van der Waals surface area contributed by atoms with E-state index >= 15 is 0 Å². The van der Waals surface area contributed by atoms with Crippen molar-refractivity contribution in [3.8, 4) is 0 Å². The zero-order valence-electron chi connectivity index (χ0n) is 13.9. The Morgan fingerprint density at radius 1 is 1.25 bits per heavy atom. The summed E-state index contributed by atoms with van der Waals surface area (Å²) >= 11 is 0. The van der Waals surface area contributed by atoms with Gasteiger partial charge in [-0.1, -0.05) is 0 Å². The molecule has 7 heteroatoms. The Hall–Kier alpha value is -1.60. The van der Waals surface area contributed by atoms with Crippen molar-refractivity contribution in [2.24, 2.45) is 5.92 Å². The minimum Gasteiger partial charge on any atom is -0.464 e. The Kier molecular flexibility index (Phi) is 4.00. The van der Waals surface area contributed by atoms with Gasteiger partial charge in [0.25, 0.3) is 0 Å². The summed E-state index contributed by atoms with van der Waals surface area (Å²) in [7, 11) is -1.33. The van der Waals surface area contributed by atoms with E-state index in [1.165, 1.54) is 0 Å². The summed E-state index contributed by atoms with van der Waals surface area (Å²) in [6, 6.07) is 3.84. The molecule has 1 aliphatic carbocycles. The molecule has 0 aromatic carbocycles. The van der Waals surface area contributed by atoms with Gasteiger partial charge in [0.2, 0.25) is 10.0 Å². The van der Waals surface area contributed by atoms with Crippen LogP contribution in [0.5, 0.6) is 0 Å². The summed E-state index contributed by atoms with van der Waals surface area (Å²) in [5.41, 5.74) is 0.859. The molecule has 3 heterocycles. The first kappa shape index (κ1) is 15.9. The van der Waals surface area contributed by atoms with Crippen molar-refractivity contribution in [2.75, 3.05) is 31.6 Å². The average Bonchev–Trinajstić information content (AvgIpc) is 3.34. The fourth-order valence-corrected chi connectivity index (χ4v) is 5.21. The Labute approximate surface area is 142 Å². The minimum atomic E-state index is -3.06. The summed E-state index contributed by atoms with van der Waals surface area (Å²) in [4.78, 5) is 6.80. The van der Waals surface area contributed by atoms with E-state index in [4.69, 9.17) is 4.42 Å². The maximum Gasteiger partial charge on any atom is 0.216 e. The summed E-state index contributed by atoms with van der Waals surface area (Å²) in [5, 5.41) is 0.926. The zero-order valence-corrected chi connectivity index (χ0v) is 14.7. The molecule has 6 nitrogen and oxygen atoms in total. The molecule has 0 amide bonds. The van der Waals surface area contributed by atoms with Gasteiger partial charge in [-0.3, -0.25) is 0 Å². The molecule has 1 aliphatic heterocycles. The molecule has 2 aliphatic rings. The third-order valence-corrected chi connectivity index (χ3v) is 7.50. The van der Waals surface area contributed by atoms with Crippen molar-refractivity contribution in [3.05, 3.63) is 24.6 Å². The number of piperidine rings is 1. The van der Waals surface area contributed by atoms with Gasteiger partial charge in [0.15, 0.2) is 0 Å². The van der Waals surface area contributed by atoms with Crippen LogP contribution in [0, 0.1) is 5.92 Å². The molecule has 0 atom stereocenters. The van der Waals surface area contributed by atoms with E-state index in [9.17, 15) is 8.42 Å². The molecular weight excluding hydrogens is 326 g/mol. The minimum absolute atomic E-state index is 0.120. The van der Waals surface area contributed by atoms with E-state index < -0.39 is 10.0 Å². The SMILES string of the molecule is CN(CC1CCN(c2nccc3occc23)CC1)S(=O)(=O)C1CC1. The van der Waals surface area contributed by atoms with Crippen LogP contribution < -0.4 is 4.90 Å². The van der Waals surface area contributed by atoms with E-state index in [-0.39, 0.29) is 5.25 Å². The lowest BCUT2D eigenvalue weighted by Gasteiger charge is -2.34. The van der Waals surface area contributed by atoms with Crippen LogP contribution in [0.25, 0.3) is 11.0 Å². The summed E-state index contributed by atoms with van der Waals surface area (Å²) < 4.78 is 31.6. The number of rotatable bonds is 5. The maximum atomic E-state index is 12.3. The summed E-state index contributed by atoms with van der Waals surface area (Å²) in [6.45, 7) is 2.44. The van der Waals surface area contributed by atoms with Crippen LogP contribution in [-0.2, 0) is 10.0 Å². The highest BCUT2D eigenvalue weighted by Gasteiger charge is 2.39. The monoisotopic (exact) mass is 349 g/mol. The van der Waals surface area contributed by atoms with Crippen LogP contribution in [-0.4, -0.2) is 49.6 Å². The third-order valence-electron chi connectivity index (χ3n) is 5.17. The zero-order chi connectivity index (χ0) is 16.7. The average molecular weight is 349 g/mol. The number of hydrogen-bond acceptors (Lipinski definition) is 5. The van der Waals surface area contributed by atoms with Crippen molar-refractivity contribution in [3.63, 3.8) is 0 Å². The summed E-state index contributed by atoms with van der Waals surface area (Å²) in [6.07, 6.45) is 7.10. The highest BCUT2D eigenvalue weighted by Crippen LogP contribution is 2.32. The van der Waals surface area contributed by atoms with Gasteiger partial charge >= 0.3 is 0 Å². The van der Waals surface area contributed by atoms with Gasteiger partial charge in [-0.2, -0.15) is 0 Å². The Morgan fingerprint density at radius 3 is 2.71 bits per heavy atom. The third kappa shape index (κ3) is 2.91. The highest BCUT2D eigenvalue weighted by atomic mass is 32.2. The number of fused-ring (bicyclic) bond motifs is 1. The second-order valence-electron chi connectivity index (χ2n) is 6.92. The molecule has 0 spiro atoms. The van der Waals surface area contributed by atoms with Gasteiger partial charge in [0.1, 0.15) is 11.4 Å². The fourth-order valence-electron chi connectivity index (χ4n) is 3.55. The van der Waals surface area contributed by atoms with E-state index in [0.717, 1.165) is 55.6 Å². The molecular formula is C17H23N3O3S. The normalized spacial score (nSPS) is 20.2. The first-order valence-electron chi connectivity index (χ1n) is 8.58. The van der Waals surface area contributed by atoms with Crippen LogP contribution in [0.15, 0.2) is 29.0 Å². The van der Waals surface area contributed by atoms with Crippen LogP contribution in [0.2, 0.25) is 0 Å². The number of anilines is 1. The number of aromatic nitrogens is 1. The van der Waals surface area contributed by atoms with Gasteiger partial charge in [-0.25, -0.2) is 17.7 Å². The van der Waals surface area contributed by atoms with Crippen molar-refractivity contribution in [2.45, 2.75) is 30.9 Å². The van der Waals surface area contributed by atoms with E-state index in [1.54, 1.807) is 23.8 Å². The molecule has 2 fully saturated rings. The highest BCUT2D eigenvalue weighted by molar-refractivity contribution is 7.90. The Morgan fingerprint density at radius 2 is 2.00 bits per heavy atom. The first-order chi connectivity index (χ1) is 11.6. The van der Waals surface area contributed by atoms with E-state index in [0.29, 0.717) is 12.5 Å². The molecule has 24 heavy (non-hydrogen) atoms. The molecule has 0 bridgehead atoms. The number of sulfonamides is 1. The van der Waals surface area contributed by atoms with Crippen molar-refractivity contribution >= 4 is 26.8 Å². The van der Waals surface area contributed by atoms with Crippen LogP contribution >= 0.6 is 0 Å². The van der Waals surface area contributed by atoms with Gasteiger partial charge in [-0.05, 0) is 43.7 Å². The topological polar surface area (TPSA) is 66.7 Å². The smallest absolute Gasteiger partial charge is 0.216 e. The van der Waals surface area contributed by atoms with Crippen LogP contribution in [0.1, 0.15) is 25.7 Å². The standard InChI is InChI=1S/C17H23N3O3S/c1-19(24(21,22)14-2-3-14)12-13-5-9-20(10-6-13)17-15-7-11-23-16(15)4-8-18-17/h4,7-8,11,13-14H,2-3,5-6,9-10,12H2,1H3. The number of hydrogen-bond donors (Lipinski definition) is 0. The van der Waals surface area contributed by atoms with E-state index in [1.807, 2.05) is 12.1 Å². The van der Waals surface area contributed by atoms with Crippen LogP contribution in [0.4, 0.5) is 5.82 Å². The predicted molar refractivity (Wildman–Crippen MR) is 93.5 cm³/mol. The van der Waals surface area contributed by atoms with Gasteiger partial charge in [-0.15, -0.1) is 0 Å². The first-order valence-corrected chi connectivity index (χ1v) is 10.1. The van der Waals surface area contributed by atoms with Gasteiger partial charge in [0.05, 0.1) is 16.9 Å². The Balaban J connectivity index is 1.39. The lowest BCUT2D eigenvalue weighted by Crippen LogP contribution is -2.40.